The van der Waals surface area contributed by atoms with Gasteiger partial charge in [0, 0.05) is 11.6 Å². The lowest BCUT2D eigenvalue weighted by molar-refractivity contribution is -0.127. The molecule has 0 aliphatic rings. The van der Waals surface area contributed by atoms with Crippen molar-refractivity contribution in [1.82, 2.24) is 5.32 Å². The normalized spacial score (nSPS) is 11.9. The maximum absolute atomic E-state index is 12.1. The molecule has 1 unspecified atom stereocenters. The fourth-order valence-corrected chi connectivity index (χ4v) is 2.55. The summed E-state index contributed by atoms with van der Waals surface area (Å²) >= 11 is 5.83. The third kappa shape index (κ3) is 6.96. The van der Waals surface area contributed by atoms with Gasteiger partial charge < -0.3 is 14.8 Å². The molecule has 4 nitrogen and oxygen atoms in total. The fraction of sp³-hybridized carbons (Fsp3) is 0.381. The van der Waals surface area contributed by atoms with E-state index in [2.05, 4.69) is 17.4 Å². The van der Waals surface area contributed by atoms with Crippen LogP contribution in [0.3, 0.4) is 0 Å². The molecular formula is C21H26ClNO3. The topological polar surface area (TPSA) is 47.6 Å². The fourth-order valence-electron chi connectivity index (χ4n) is 2.43. The third-order valence-electron chi connectivity index (χ3n) is 3.73. The van der Waals surface area contributed by atoms with Crippen molar-refractivity contribution >= 4 is 17.5 Å². The average Bonchev–Trinajstić information content (AvgIpc) is 2.61. The highest BCUT2D eigenvalue weighted by molar-refractivity contribution is 6.30. The van der Waals surface area contributed by atoms with Crippen LogP contribution in [0, 0.1) is 0 Å². The van der Waals surface area contributed by atoms with Crippen molar-refractivity contribution in [2.45, 2.75) is 45.8 Å². The largest absolute Gasteiger partial charge is 0.491 e. The van der Waals surface area contributed by atoms with Crippen LogP contribution in [0.1, 0.15) is 32.8 Å². The second-order valence-corrected chi connectivity index (χ2v) is 6.86. The van der Waals surface area contributed by atoms with E-state index in [1.807, 2.05) is 26.0 Å². The Bertz CT molecular complexity index is 683. The Hall–Kier alpha value is -2.20. The van der Waals surface area contributed by atoms with E-state index in [0.29, 0.717) is 17.3 Å². The van der Waals surface area contributed by atoms with Crippen LogP contribution in [0.15, 0.2) is 48.5 Å². The van der Waals surface area contributed by atoms with Gasteiger partial charge in [-0.2, -0.15) is 0 Å². The lowest BCUT2D eigenvalue weighted by Gasteiger charge is -2.15. The van der Waals surface area contributed by atoms with Crippen LogP contribution in [0.5, 0.6) is 11.5 Å². The van der Waals surface area contributed by atoms with Gasteiger partial charge in [0.2, 0.25) is 0 Å². The number of aryl methyl sites for hydroxylation is 1. The predicted molar refractivity (Wildman–Crippen MR) is 105 cm³/mol. The summed E-state index contributed by atoms with van der Waals surface area (Å²) in [6.07, 6.45) is 1.38. The second-order valence-electron chi connectivity index (χ2n) is 6.42. The lowest BCUT2D eigenvalue weighted by Crippen LogP contribution is -2.36. The van der Waals surface area contributed by atoms with Gasteiger partial charge in [-0.05, 0) is 75.6 Å². The molecule has 0 aromatic heterocycles. The lowest BCUT2D eigenvalue weighted by atomic mass is 10.1. The molecule has 0 spiro atoms. The van der Waals surface area contributed by atoms with Gasteiger partial charge in [0.15, 0.2) is 6.10 Å². The molecule has 2 aromatic carbocycles. The summed E-state index contributed by atoms with van der Waals surface area (Å²) in [5.41, 5.74) is 1.22. The van der Waals surface area contributed by atoms with Gasteiger partial charge in [0.05, 0.1) is 6.10 Å². The molecule has 1 N–H and O–H groups in total. The molecule has 1 amide bonds. The number of amides is 1. The smallest absolute Gasteiger partial charge is 0.260 e. The van der Waals surface area contributed by atoms with Crippen molar-refractivity contribution in [2.75, 3.05) is 6.54 Å². The van der Waals surface area contributed by atoms with Crippen LogP contribution in [0.25, 0.3) is 0 Å². The quantitative estimate of drug-likeness (QED) is 0.649. The maximum atomic E-state index is 12.1. The van der Waals surface area contributed by atoms with E-state index in [9.17, 15) is 4.79 Å². The number of hydrogen-bond donors (Lipinski definition) is 1. The molecule has 0 saturated heterocycles. The predicted octanol–water partition coefficient (Wildman–Crippen LogP) is 4.64. The minimum absolute atomic E-state index is 0.124. The van der Waals surface area contributed by atoms with E-state index in [-0.39, 0.29) is 12.0 Å². The van der Waals surface area contributed by atoms with Gasteiger partial charge in [-0.1, -0.05) is 23.7 Å². The molecule has 0 fully saturated rings. The van der Waals surface area contributed by atoms with Gasteiger partial charge in [-0.15, -0.1) is 0 Å². The van der Waals surface area contributed by atoms with Crippen LogP contribution in [-0.4, -0.2) is 24.7 Å². The highest BCUT2D eigenvalue weighted by Crippen LogP contribution is 2.17. The Balaban J connectivity index is 1.68. The third-order valence-corrected chi connectivity index (χ3v) is 3.98. The first kappa shape index (κ1) is 20.1. The van der Waals surface area contributed by atoms with E-state index in [0.717, 1.165) is 18.6 Å². The summed E-state index contributed by atoms with van der Waals surface area (Å²) in [5, 5.41) is 3.54. The van der Waals surface area contributed by atoms with E-state index in [4.69, 9.17) is 21.1 Å². The number of halogens is 1. The van der Waals surface area contributed by atoms with Crippen LogP contribution in [0.4, 0.5) is 0 Å². The van der Waals surface area contributed by atoms with E-state index < -0.39 is 6.10 Å². The van der Waals surface area contributed by atoms with Crippen molar-refractivity contribution in [3.63, 3.8) is 0 Å². The standard InChI is InChI=1S/C21H26ClNO3/c1-15(2)25-19-10-6-17(7-11-19)5-4-14-23-21(24)16(3)26-20-12-8-18(22)9-13-20/h6-13,15-16H,4-5,14H2,1-3H3,(H,23,24). The minimum Gasteiger partial charge on any atom is -0.491 e. The summed E-state index contributed by atoms with van der Waals surface area (Å²) in [4.78, 5) is 12.1. The number of carbonyl (C=O) groups is 1. The van der Waals surface area contributed by atoms with Crippen LogP contribution >= 0.6 is 11.6 Å². The molecule has 140 valence electrons. The first-order valence-corrected chi connectivity index (χ1v) is 9.27. The number of carbonyl (C=O) groups excluding carboxylic acids is 1. The molecule has 0 bridgehead atoms. The summed E-state index contributed by atoms with van der Waals surface area (Å²) < 4.78 is 11.2. The van der Waals surface area contributed by atoms with Crippen molar-refractivity contribution in [3.05, 3.63) is 59.1 Å². The molecule has 0 saturated carbocycles. The molecule has 5 heteroatoms. The Kier molecular flexibility index (Phi) is 7.79. The molecule has 2 aromatic rings. The molecule has 0 aliphatic carbocycles. The second kappa shape index (κ2) is 10.1. The zero-order valence-corrected chi connectivity index (χ0v) is 16.3. The number of nitrogens with one attached hydrogen (secondary N) is 1. The number of hydrogen-bond acceptors (Lipinski definition) is 3. The summed E-state index contributed by atoms with van der Waals surface area (Å²) in [6, 6.07) is 15.1. The molecule has 1 atom stereocenters. The van der Waals surface area contributed by atoms with Gasteiger partial charge in [0.1, 0.15) is 11.5 Å². The number of benzene rings is 2. The molecule has 2 rings (SSSR count). The SMILES string of the molecule is CC(C)Oc1ccc(CCCNC(=O)C(C)Oc2ccc(Cl)cc2)cc1. The number of ether oxygens (including phenoxy) is 2. The van der Waals surface area contributed by atoms with Gasteiger partial charge in [-0.3, -0.25) is 4.79 Å². The van der Waals surface area contributed by atoms with Crippen molar-refractivity contribution < 1.29 is 14.3 Å². The summed E-state index contributed by atoms with van der Waals surface area (Å²) in [5.74, 6) is 1.38. The molecule has 26 heavy (non-hydrogen) atoms. The van der Waals surface area contributed by atoms with E-state index in [1.54, 1.807) is 31.2 Å². The molecular weight excluding hydrogens is 350 g/mol. The Morgan fingerprint density at radius 3 is 2.15 bits per heavy atom. The Labute approximate surface area is 160 Å². The minimum atomic E-state index is -0.552. The highest BCUT2D eigenvalue weighted by Gasteiger charge is 2.13. The van der Waals surface area contributed by atoms with Crippen molar-refractivity contribution in [3.8, 4) is 11.5 Å². The monoisotopic (exact) mass is 375 g/mol. The zero-order valence-electron chi connectivity index (χ0n) is 15.5. The molecule has 0 aliphatic heterocycles. The molecule has 0 radical (unpaired) electrons. The van der Waals surface area contributed by atoms with Crippen LogP contribution < -0.4 is 14.8 Å². The van der Waals surface area contributed by atoms with Crippen LogP contribution in [0.2, 0.25) is 5.02 Å². The summed E-state index contributed by atoms with van der Waals surface area (Å²) in [7, 11) is 0. The Morgan fingerprint density at radius 1 is 0.962 bits per heavy atom. The van der Waals surface area contributed by atoms with E-state index >= 15 is 0 Å². The number of rotatable bonds is 9. The first-order chi connectivity index (χ1) is 12.4. The van der Waals surface area contributed by atoms with Gasteiger partial charge in [0.25, 0.3) is 5.91 Å². The maximum Gasteiger partial charge on any atom is 0.260 e. The average molecular weight is 376 g/mol. The zero-order chi connectivity index (χ0) is 18.9. The van der Waals surface area contributed by atoms with E-state index in [1.165, 1.54) is 5.56 Å². The van der Waals surface area contributed by atoms with Crippen molar-refractivity contribution in [1.29, 1.82) is 0 Å². The van der Waals surface area contributed by atoms with Gasteiger partial charge in [-0.25, -0.2) is 0 Å². The Morgan fingerprint density at radius 2 is 1.54 bits per heavy atom. The molecule has 0 heterocycles. The van der Waals surface area contributed by atoms with Crippen LogP contribution in [-0.2, 0) is 11.2 Å². The summed E-state index contributed by atoms with van der Waals surface area (Å²) in [6.45, 7) is 6.36. The first-order valence-electron chi connectivity index (χ1n) is 8.89. The van der Waals surface area contributed by atoms with Gasteiger partial charge >= 0.3 is 0 Å². The highest BCUT2D eigenvalue weighted by atomic mass is 35.5. The van der Waals surface area contributed by atoms with Crippen molar-refractivity contribution in [2.24, 2.45) is 0 Å².